The normalized spacial score (nSPS) is 9.80. The van der Waals surface area contributed by atoms with Crippen LogP contribution in [0.3, 0.4) is 0 Å². The lowest BCUT2D eigenvalue weighted by atomic mass is 10.4. The predicted molar refractivity (Wildman–Crippen MR) is 58.1 cm³/mol. The first kappa shape index (κ1) is 11.8. The van der Waals surface area contributed by atoms with E-state index in [1.54, 1.807) is 24.1 Å². The maximum absolute atomic E-state index is 11.4. The number of hydrogen-bond acceptors (Lipinski definition) is 3. The minimum Gasteiger partial charge on any atom is -0.482 e. The van der Waals surface area contributed by atoms with Gasteiger partial charge < -0.3 is 9.64 Å². The maximum atomic E-state index is 11.4. The summed E-state index contributed by atoms with van der Waals surface area (Å²) in [6, 6.07) is 3.29. The van der Waals surface area contributed by atoms with Gasteiger partial charge in [0, 0.05) is 13.6 Å². The van der Waals surface area contributed by atoms with Crippen molar-refractivity contribution in [1.29, 1.82) is 0 Å². The zero-order valence-electron chi connectivity index (χ0n) is 8.74. The number of rotatable bonds is 4. The Balaban J connectivity index is 2.43. The standard InChI is InChI=1S/C10H13ClN2O2/c1-3-13(2)10(14)7-15-8-4-5-9(11)12-6-8/h4-6H,3,7H2,1-2H3. The molecule has 1 aromatic rings. The largest absolute Gasteiger partial charge is 0.482 e. The number of ether oxygens (including phenoxy) is 1. The molecule has 0 radical (unpaired) electrons. The van der Waals surface area contributed by atoms with Crippen LogP contribution in [0.4, 0.5) is 0 Å². The number of aromatic nitrogens is 1. The van der Waals surface area contributed by atoms with E-state index in [1.165, 1.54) is 6.20 Å². The van der Waals surface area contributed by atoms with Crippen LogP contribution in [0.2, 0.25) is 5.15 Å². The molecule has 1 rings (SSSR count). The lowest BCUT2D eigenvalue weighted by Crippen LogP contribution is -2.31. The van der Waals surface area contributed by atoms with Gasteiger partial charge in [0.15, 0.2) is 6.61 Å². The van der Waals surface area contributed by atoms with E-state index in [0.29, 0.717) is 17.4 Å². The Kier molecular flexibility index (Phi) is 4.37. The van der Waals surface area contributed by atoms with Gasteiger partial charge in [-0.15, -0.1) is 0 Å². The Hall–Kier alpha value is -1.29. The van der Waals surface area contributed by atoms with Crippen LogP contribution in [0.25, 0.3) is 0 Å². The molecule has 82 valence electrons. The first-order chi connectivity index (χ1) is 7.13. The second-order valence-corrected chi connectivity index (χ2v) is 3.40. The molecule has 0 spiro atoms. The van der Waals surface area contributed by atoms with Gasteiger partial charge >= 0.3 is 0 Å². The van der Waals surface area contributed by atoms with Crippen molar-refractivity contribution < 1.29 is 9.53 Å². The molecule has 4 nitrogen and oxygen atoms in total. The number of pyridine rings is 1. The lowest BCUT2D eigenvalue weighted by molar-refractivity contribution is -0.131. The summed E-state index contributed by atoms with van der Waals surface area (Å²) in [5, 5.41) is 0.402. The van der Waals surface area contributed by atoms with Gasteiger partial charge in [0.05, 0.1) is 6.20 Å². The summed E-state index contributed by atoms with van der Waals surface area (Å²) in [7, 11) is 1.73. The molecule has 0 aliphatic heterocycles. The van der Waals surface area contributed by atoms with Crippen LogP contribution in [0.5, 0.6) is 5.75 Å². The molecular formula is C10H13ClN2O2. The Labute approximate surface area is 93.8 Å². The van der Waals surface area contributed by atoms with Crippen molar-refractivity contribution in [2.75, 3.05) is 20.2 Å². The predicted octanol–water partition coefficient (Wildman–Crippen LogP) is 1.59. The minimum atomic E-state index is -0.0625. The van der Waals surface area contributed by atoms with E-state index in [1.807, 2.05) is 6.92 Å². The molecule has 0 aromatic carbocycles. The number of carbonyl (C=O) groups excluding carboxylic acids is 1. The molecule has 5 heteroatoms. The van der Waals surface area contributed by atoms with Gasteiger partial charge in [0.2, 0.25) is 0 Å². The summed E-state index contributed by atoms with van der Waals surface area (Å²) in [6.45, 7) is 2.59. The maximum Gasteiger partial charge on any atom is 0.260 e. The molecule has 0 saturated heterocycles. The number of hydrogen-bond donors (Lipinski definition) is 0. The number of likely N-dealkylation sites (N-methyl/N-ethyl adjacent to an activating group) is 1. The Morgan fingerprint density at radius 1 is 1.60 bits per heavy atom. The quantitative estimate of drug-likeness (QED) is 0.735. The van der Waals surface area contributed by atoms with E-state index < -0.39 is 0 Å². The first-order valence-electron chi connectivity index (χ1n) is 4.61. The topological polar surface area (TPSA) is 42.4 Å². The van der Waals surface area contributed by atoms with Crippen molar-refractivity contribution in [2.45, 2.75) is 6.92 Å². The lowest BCUT2D eigenvalue weighted by Gasteiger charge is -2.14. The molecule has 0 atom stereocenters. The van der Waals surface area contributed by atoms with Crippen LogP contribution < -0.4 is 4.74 Å². The van der Waals surface area contributed by atoms with Crippen molar-refractivity contribution in [1.82, 2.24) is 9.88 Å². The Morgan fingerprint density at radius 3 is 2.87 bits per heavy atom. The Bertz CT molecular complexity index is 327. The molecule has 0 fully saturated rings. The van der Waals surface area contributed by atoms with Crippen LogP contribution in [-0.2, 0) is 4.79 Å². The van der Waals surface area contributed by atoms with Crippen molar-refractivity contribution in [3.8, 4) is 5.75 Å². The summed E-state index contributed by atoms with van der Waals surface area (Å²) in [4.78, 5) is 16.8. The van der Waals surface area contributed by atoms with Gasteiger partial charge in [0.1, 0.15) is 10.9 Å². The van der Waals surface area contributed by atoms with E-state index in [0.717, 1.165) is 0 Å². The van der Waals surface area contributed by atoms with Gasteiger partial charge in [0.25, 0.3) is 5.91 Å². The SMILES string of the molecule is CCN(C)C(=O)COc1ccc(Cl)nc1. The molecular weight excluding hydrogens is 216 g/mol. The Morgan fingerprint density at radius 2 is 2.33 bits per heavy atom. The first-order valence-corrected chi connectivity index (χ1v) is 4.99. The zero-order chi connectivity index (χ0) is 11.3. The van der Waals surface area contributed by atoms with Crippen LogP contribution in [0.15, 0.2) is 18.3 Å². The molecule has 0 saturated carbocycles. The molecule has 0 bridgehead atoms. The van der Waals surface area contributed by atoms with E-state index in [9.17, 15) is 4.79 Å². The summed E-state index contributed by atoms with van der Waals surface area (Å²) >= 11 is 5.61. The fourth-order valence-electron chi connectivity index (χ4n) is 0.879. The van der Waals surface area contributed by atoms with Crippen molar-refractivity contribution in [3.63, 3.8) is 0 Å². The van der Waals surface area contributed by atoms with Crippen LogP contribution in [0.1, 0.15) is 6.92 Å². The average Bonchev–Trinajstić information content (AvgIpc) is 2.26. The molecule has 0 N–H and O–H groups in total. The fourth-order valence-corrected chi connectivity index (χ4v) is 0.991. The highest BCUT2D eigenvalue weighted by Crippen LogP contribution is 2.11. The van der Waals surface area contributed by atoms with E-state index in [4.69, 9.17) is 16.3 Å². The van der Waals surface area contributed by atoms with Gasteiger partial charge in [-0.3, -0.25) is 4.79 Å². The summed E-state index contributed by atoms with van der Waals surface area (Å²) in [5.74, 6) is 0.477. The highest BCUT2D eigenvalue weighted by molar-refractivity contribution is 6.29. The zero-order valence-corrected chi connectivity index (χ0v) is 9.49. The molecule has 0 aliphatic rings. The second kappa shape index (κ2) is 5.56. The van der Waals surface area contributed by atoms with E-state index in [-0.39, 0.29) is 12.5 Å². The van der Waals surface area contributed by atoms with Crippen molar-refractivity contribution >= 4 is 17.5 Å². The third-order valence-electron chi connectivity index (χ3n) is 1.96. The molecule has 1 aromatic heterocycles. The van der Waals surface area contributed by atoms with Crippen molar-refractivity contribution in [3.05, 3.63) is 23.5 Å². The van der Waals surface area contributed by atoms with Gasteiger partial charge in [-0.2, -0.15) is 0 Å². The summed E-state index contributed by atoms with van der Waals surface area (Å²) in [5.41, 5.74) is 0. The smallest absolute Gasteiger partial charge is 0.260 e. The molecule has 1 amide bonds. The third kappa shape index (κ3) is 3.75. The van der Waals surface area contributed by atoms with E-state index in [2.05, 4.69) is 4.98 Å². The van der Waals surface area contributed by atoms with Crippen LogP contribution in [0, 0.1) is 0 Å². The monoisotopic (exact) mass is 228 g/mol. The highest BCUT2D eigenvalue weighted by atomic mass is 35.5. The summed E-state index contributed by atoms with van der Waals surface area (Å²) < 4.78 is 5.23. The molecule has 15 heavy (non-hydrogen) atoms. The fraction of sp³-hybridized carbons (Fsp3) is 0.400. The number of carbonyl (C=O) groups is 1. The van der Waals surface area contributed by atoms with Crippen LogP contribution in [-0.4, -0.2) is 36.0 Å². The average molecular weight is 229 g/mol. The third-order valence-corrected chi connectivity index (χ3v) is 2.19. The van der Waals surface area contributed by atoms with Gasteiger partial charge in [-0.25, -0.2) is 4.98 Å². The highest BCUT2D eigenvalue weighted by Gasteiger charge is 2.07. The summed E-state index contributed by atoms with van der Waals surface area (Å²) in [6.07, 6.45) is 1.49. The van der Waals surface area contributed by atoms with Crippen LogP contribution >= 0.6 is 11.6 Å². The number of halogens is 1. The van der Waals surface area contributed by atoms with Crippen molar-refractivity contribution in [2.24, 2.45) is 0 Å². The minimum absolute atomic E-state index is 0.0215. The number of nitrogens with zero attached hydrogens (tertiary/aromatic N) is 2. The van der Waals surface area contributed by atoms with Gasteiger partial charge in [-0.1, -0.05) is 11.6 Å². The second-order valence-electron chi connectivity index (χ2n) is 3.01. The van der Waals surface area contributed by atoms with E-state index >= 15 is 0 Å². The molecule has 0 unspecified atom stereocenters. The molecule has 0 aliphatic carbocycles. The number of amides is 1. The molecule has 1 heterocycles. The van der Waals surface area contributed by atoms with Gasteiger partial charge in [-0.05, 0) is 19.1 Å².